The summed E-state index contributed by atoms with van der Waals surface area (Å²) in [6.45, 7) is 7.46. The molecule has 0 bridgehead atoms. The van der Waals surface area contributed by atoms with E-state index in [1.54, 1.807) is 12.1 Å². The number of benzene rings is 2. The van der Waals surface area contributed by atoms with E-state index in [0.29, 0.717) is 18.0 Å². The first kappa shape index (κ1) is 21.2. The molecule has 0 spiro atoms. The third kappa shape index (κ3) is 4.37. The van der Waals surface area contributed by atoms with Crippen LogP contribution in [0.3, 0.4) is 0 Å². The van der Waals surface area contributed by atoms with Gasteiger partial charge in [-0.15, -0.1) is 0 Å². The molecule has 28 heavy (non-hydrogen) atoms. The van der Waals surface area contributed by atoms with E-state index >= 15 is 0 Å². The minimum Gasteiger partial charge on any atom is -0.381 e. The van der Waals surface area contributed by atoms with Crippen LogP contribution in [0.2, 0.25) is 25.7 Å². The number of fused-ring (bicyclic) bond motifs is 2. The molecule has 0 saturated heterocycles. The maximum absolute atomic E-state index is 14.3. The predicted molar refractivity (Wildman–Crippen MR) is 114 cm³/mol. The van der Waals surface area contributed by atoms with Crippen molar-refractivity contribution in [3.05, 3.63) is 70.3 Å². The highest BCUT2D eigenvalue weighted by Gasteiger charge is 2.43. The topological polar surface area (TPSA) is 23.5 Å². The van der Waals surface area contributed by atoms with Crippen molar-refractivity contribution in [3.8, 4) is 0 Å². The minimum atomic E-state index is -1.74. The lowest BCUT2D eigenvalue weighted by Gasteiger charge is -2.36. The third-order valence-corrected chi connectivity index (χ3v) is 7.16. The summed E-state index contributed by atoms with van der Waals surface area (Å²) in [6.07, 6.45) is 1.51. The Morgan fingerprint density at radius 2 is 1.68 bits per heavy atom. The van der Waals surface area contributed by atoms with Gasteiger partial charge in [-0.05, 0) is 92.0 Å². The van der Waals surface area contributed by atoms with Crippen LogP contribution in [0.25, 0.3) is 0 Å². The average Bonchev–Trinajstić information content (AvgIpc) is 2.65. The zero-order valence-electron chi connectivity index (χ0n) is 17.5. The number of nitrogens with zero attached hydrogens (tertiary/aromatic N) is 1. The summed E-state index contributed by atoms with van der Waals surface area (Å²) in [4.78, 5) is 2.12. The van der Waals surface area contributed by atoms with Crippen molar-refractivity contribution in [2.24, 2.45) is 0 Å². The van der Waals surface area contributed by atoms with E-state index in [-0.39, 0.29) is 17.6 Å². The van der Waals surface area contributed by atoms with Gasteiger partial charge in [-0.25, -0.2) is 8.78 Å². The van der Waals surface area contributed by atoms with Crippen LogP contribution >= 0.6 is 0 Å². The zero-order chi connectivity index (χ0) is 20.7. The molecule has 2 atom stereocenters. The zero-order valence-corrected chi connectivity index (χ0v) is 18.5. The Bertz CT molecular complexity index is 862. The Morgan fingerprint density at radius 1 is 1.04 bits per heavy atom. The number of hydrogen-bond donors (Lipinski definition) is 1. The van der Waals surface area contributed by atoms with Gasteiger partial charge in [0.2, 0.25) is 0 Å². The third-order valence-electron chi connectivity index (χ3n) is 5.59. The van der Waals surface area contributed by atoms with Crippen molar-refractivity contribution in [3.63, 3.8) is 0 Å². The first-order chi connectivity index (χ1) is 13.0. The summed E-state index contributed by atoms with van der Waals surface area (Å²) in [6, 6.07) is 10.0. The lowest BCUT2D eigenvalue weighted by atomic mass is 9.83. The van der Waals surface area contributed by atoms with Crippen molar-refractivity contribution in [2.45, 2.75) is 50.0 Å². The number of halogens is 2. The fraction of sp³-hybridized carbons (Fsp3) is 0.478. The minimum absolute atomic E-state index is 0.106. The van der Waals surface area contributed by atoms with Gasteiger partial charge in [-0.2, -0.15) is 0 Å². The van der Waals surface area contributed by atoms with Crippen LogP contribution in [0.1, 0.15) is 34.6 Å². The molecule has 0 fully saturated rings. The van der Waals surface area contributed by atoms with Crippen LogP contribution in [0.15, 0.2) is 36.4 Å². The normalized spacial score (nSPS) is 22.0. The van der Waals surface area contributed by atoms with Gasteiger partial charge >= 0.3 is 0 Å². The lowest BCUT2D eigenvalue weighted by Crippen LogP contribution is -2.38. The molecule has 2 unspecified atom stereocenters. The quantitative estimate of drug-likeness (QED) is 0.700. The summed E-state index contributed by atoms with van der Waals surface area (Å²) in [7, 11) is 2.31. The molecule has 0 radical (unpaired) electrons. The highest BCUT2D eigenvalue weighted by Crippen LogP contribution is 2.47. The molecule has 3 rings (SSSR count). The Kier molecular flexibility index (Phi) is 5.81. The summed E-state index contributed by atoms with van der Waals surface area (Å²) in [5.74, 6) is -0.531. The summed E-state index contributed by atoms with van der Waals surface area (Å²) in [5.41, 5.74) is 1.92. The van der Waals surface area contributed by atoms with Gasteiger partial charge in [0.25, 0.3) is 0 Å². The standard InChI is InChI=1S/C23H31F2NOSi/c1-26(2)11-10-16-12-17-13-18(24)7-9-21(17)23(27,15-28(3,4)5)22-14-19(25)6-8-20(16)22/h6-9,13-14,16,27H,10-12,15H2,1-5H3. The fourth-order valence-electron chi connectivity index (χ4n) is 4.53. The van der Waals surface area contributed by atoms with Crippen LogP contribution in [-0.2, 0) is 12.0 Å². The molecule has 1 N–H and O–H groups in total. The molecule has 2 nitrogen and oxygen atoms in total. The van der Waals surface area contributed by atoms with Gasteiger partial charge in [0.15, 0.2) is 0 Å². The second-order valence-corrected chi connectivity index (χ2v) is 15.1. The van der Waals surface area contributed by atoms with E-state index in [2.05, 4.69) is 24.5 Å². The highest BCUT2D eigenvalue weighted by atomic mass is 28.3. The largest absolute Gasteiger partial charge is 0.381 e. The van der Waals surface area contributed by atoms with Crippen molar-refractivity contribution in [2.75, 3.05) is 20.6 Å². The second kappa shape index (κ2) is 7.69. The van der Waals surface area contributed by atoms with Crippen LogP contribution in [0, 0.1) is 11.6 Å². The van der Waals surface area contributed by atoms with E-state index in [9.17, 15) is 13.9 Å². The van der Waals surface area contributed by atoms with Crippen LogP contribution in [-0.4, -0.2) is 38.7 Å². The van der Waals surface area contributed by atoms with Crippen LogP contribution < -0.4 is 0 Å². The van der Waals surface area contributed by atoms with E-state index < -0.39 is 13.7 Å². The van der Waals surface area contributed by atoms with Gasteiger partial charge in [-0.1, -0.05) is 31.8 Å². The number of aliphatic hydroxyl groups is 1. The Balaban J connectivity index is 2.25. The summed E-state index contributed by atoms with van der Waals surface area (Å²) < 4.78 is 28.4. The molecule has 152 valence electrons. The molecule has 5 heteroatoms. The first-order valence-corrected chi connectivity index (χ1v) is 13.7. The second-order valence-electron chi connectivity index (χ2n) is 9.62. The number of rotatable bonds is 5. The monoisotopic (exact) mass is 403 g/mol. The van der Waals surface area contributed by atoms with E-state index in [0.717, 1.165) is 29.7 Å². The van der Waals surface area contributed by atoms with Crippen molar-refractivity contribution in [1.82, 2.24) is 4.90 Å². The molecule has 0 aromatic heterocycles. The van der Waals surface area contributed by atoms with Gasteiger partial charge in [-0.3, -0.25) is 0 Å². The first-order valence-electron chi connectivity index (χ1n) is 9.95. The van der Waals surface area contributed by atoms with E-state index in [1.165, 1.54) is 18.2 Å². The molecule has 1 aliphatic carbocycles. The van der Waals surface area contributed by atoms with Gasteiger partial charge < -0.3 is 10.0 Å². The molecule has 0 heterocycles. The molecular weight excluding hydrogens is 372 g/mol. The summed E-state index contributed by atoms with van der Waals surface area (Å²) >= 11 is 0. The van der Waals surface area contributed by atoms with Crippen molar-refractivity contribution < 1.29 is 13.9 Å². The molecular formula is C23H31F2NOSi. The highest BCUT2D eigenvalue weighted by molar-refractivity contribution is 6.76. The van der Waals surface area contributed by atoms with Gasteiger partial charge in [0.1, 0.15) is 17.2 Å². The Morgan fingerprint density at radius 3 is 2.32 bits per heavy atom. The lowest BCUT2D eigenvalue weighted by molar-refractivity contribution is 0.0992. The van der Waals surface area contributed by atoms with E-state index in [1.807, 2.05) is 20.2 Å². The number of hydrogen-bond acceptors (Lipinski definition) is 2. The fourth-order valence-corrected chi connectivity index (χ4v) is 6.44. The predicted octanol–water partition coefficient (Wildman–Crippen LogP) is 5.13. The smallest absolute Gasteiger partial charge is 0.123 e. The Hall–Kier alpha value is -1.56. The van der Waals surface area contributed by atoms with Crippen molar-refractivity contribution >= 4 is 8.07 Å². The van der Waals surface area contributed by atoms with Crippen LogP contribution in [0.5, 0.6) is 0 Å². The van der Waals surface area contributed by atoms with Crippen molar-refractivity contribution in [1.29, 1.82) is 0 Å². The van der Waals surface area contributed by atoms with Gasteiger partial charge in [0, 0.05) is 8.07 Å². The molecule has 1 aliphatic rings. The maximum atomic E-state index is 14.3. The SMILES string of the molecule is CN(C)CCC1Cc2cc(F)ccc2C(O)(C[Si](C)(C)C)c2cc(F)ccc21. The molecule has 2 aromatic rings. The molecule has 0 amide bonds. The molecule has 0 aliphatic heterocycles. The summed E-state index contributed by atoms with van der Waals surface area (Å²) in [5, 5.41) is 12.0. The average molecular weight is 404 g/mol. The molecule has 2 aromatic carbocycles. The Labute approximate surface area is 168 Å². The molecule has 0 saturated carbocycles. The maximum Gasteiger partial charge on any atom is 0.123 e. The van der Waals surface area contributed by atoms with E-state index in [4.69, 9.17) is 0 Å². The van der Waals surface area contributed by atoms with Gasteiger partial charge in [0.05, 0.1) is 0 Å². The van der Waals surface area contributed by atoms with Crippen LogP contribution in [0.4, 0.5) is 8.78 Å².